The summed E-state index contributed by atoms with van der Waals surface area (Å²) in [7, 11) is 4.61. The number of hydrogen-bond donors (Lipinski definition) is 1. The van der Waals surface area contributed by atoms with Gasteiger partial charge < -0.3 is 24.3 Å². The first-order chi connectivity index (χ1) is 15.0. The Morgan fingerprint density at radius 3 is 2.16 bits per heavy atom. The summed E-state index contributed by atoms with van der Waals surface area (Å²) in [4.78, 5) is 24.4. The third-order valence-electron chi connectivity index (χ3n) is 4.82. The highest BCUT2D eigenvalue weighted by Crippen LogP contribution is 2.38. The number of ether oxygens (including phenoxy) is 4. The van der Waals surface area contributed by atoms with Crippen LogP contribution >= 0.6 is 0 Å². The van der Waals surface area contributed by atoms with Gasteiger partial charge in [0.25, 0.3) is 5.91 Å². The van der Waals surface area contributed by atoms with Crippen molar-refractivity contribution in [2.24, 2.45) is 0 Å². The molecule has 0 saturated carbocycles. The van der Waals surface area contributed by atoms with Gasteiger partial charge in [-0.2, -0.15) is 0 Å². The molecule has 7 nitrogen and oxygen atoms in total. The van der Waals surface area contributed by atoms with Crippen LogP contribution in [0.5, 0.6) is 17.2 Å². The Balaban J connectivity index is 1.87. The molecule has 0 aromatic heterocycles. The predicted molar refractivity (Wildman–Crippen MR) is 118 cm³/mol. The van der Waals surface area contributed by atoms with Crippen LogP contribution in [-0.4, -0.2) is 39.8 Å². The number of nitrogens with one attached hydrogen (secondary N) is 1. The van der Waals surface area contributed by atoms with E-state index in [1.165, 1.54) is 21.3 Å². The van der Waals surface area contributed by atoms with Gasteiger partial charge in [0.1, 0.15) is 0 Å². The number of methoxy groups -OCH3 is 3. The molecule has 1 N–H and O–H groups in total. The second-order valence-electron chi connectivity index (χ2n) is 7.01. The number of esters is 1. The van der Waals surface area contributed by atoms with Crippen molar-refractivity contribution in [3.8, 4) is 17.2 Å². The standard InChI is InChI=1S/C24H31NO6/c1-5-9-19(18-10-7-6-8-11-18)25-22(26)16-31-23(27)13-12-17-14-20(28-2)24(30-4)21(15-17)29-3/h6-8,10-11,14-15,19H,5,9,12-13,16H2,1-4H3,(H,25,26)/t19-/m1/s1. The topological polar surface area (TPSA) is 83.1 Å². The maximum atomic E-state index is 12.3. The van der Waals surface area contributed by atoms with E-state index >= 15 is 0 Å². The van der Waals surface area contributed by atoms with Gasteiger partial charge in [-0.25, -0.2) is 0 Å². The highest BCUT2D eigenvalue weighted by atomic mass is 16.5. The summed E-state index contributed by atoms with van der Waals surface area (Å²) in [5.74, 6) is 0.770. The average molecular weight is 430 g/mol. The molecule has 0 aliphatic heterocycles. The van der Waals surface area contributed by atoms with E-state index in [2.05, 4.69) is 12.2 Å². The highest BCUT2D eigenvalue weighted by Gasteiger charge is 2.16. The van der Waals surface area contributed by atoms with Gasteiger partial charge in [-0.1, -0.05) is 43.7 Å². The molecule has 1 amide bonds. The fraction of sp³-hybridized carbons (Fsp3) is 0.417. The molecule has 0 saturated heterocycles. The molecule has 0 aliphatic rings. The summed E-state index contributed by atoms with van der Waals surface area (Å²) in [5.41, 5.74) is 1.87. The van der Waals surface area contributed by atoms with Crippen LogP contribution in [0.25, 0.3) is 0 Å². The van der Waals surface area contributed by atoms with Crippen LogP contribution in [0.1, 0.15) is 43.4 Å². The molecule has 31 heavy (non-hydrogen) atoms. The molecule has 2 aromatic carbocycles. The Hall–Kier alpha value is -3.22. The van der Waals surface area contributed by atoms with Crippen LogP contribution in [0.15, 0.2) is 42.5 Å². The van der Waals surface area contributed by atoms with Gasteiger partial charge in [0, 0.05) is 6.42 Å². The lowest BCUT2D eigenvalue weighted by atomic mass is 10.0. The minimum absolute atomic E-state index is 0.100. The molecular formula is C24H31NO6. The maximum absolute atomic E-state index is 12.3. The molecule has 0 bridgehead atoms. The minimum atomic E-state index is -0.448. The summed E-state index contributed by atoms with van der Waals surface area (Å²) in [6.45, 7) is 1.76. The SMILES string of the molecule is CCC[C@@H](NC(=O)COC(=O)CCc1cc(OC)c(OC)c(OC)c1)c1ccccc1. The molecule has 0 aliphatic carbocycles. The Kier molecular flexibility index (Phi) is 9.68. The average Bonchev–Trinajstić information content (AvgIpc) is 2.80. The van der Waals surface area contributed by atoms with E-state index in [1.54, 1.807) is 12.1 Å². The van der Waals surface area contributed by atoms with Crippen molar-refractivity contribution < 1.29 is 28.5 Å². The highest BCUT2D eigenvalue weighted by molar-refractivity contribution is 5.81. The zero-order valence-electron chi connectivity index (χ0n) is 18.6. The van der Waals surface area contributed by atoms with Crippen molar-refractivity contribution in [1.29, 1.82) is 0 Å². The fourth-order valence-electron chi connectivity index (χ4n) is 3.28. The largest absolute Gasteiger partial charge is 0.493 e. The number of rotatable bonds is 12. The smallest absolute Gasteiger partial charge is 0.306 e. The van der Waals surface area contributed by atoms with E-state index in [0.29, 0.717) is 23.7 Å². The molecule has 1 atom stereocenters. The fourth-order valence-corrected chi connectivity index (χ4v) is 3.28. The van der Waals surface area contributed by atoms with Crippen molar-refractivity contribution in [2.45, 2.75) is 38.6 Å². The third-order valence-corrected chi connectivity index (χ3v) is 4.82. The molecule has 168 valence electrons. The van der Waals surface area contributed by atoms with Crippen LogP contribution in [0, 0.1) is 0 Å². The van der Waals surface area contributed by atoms with E-state index in [-0.39, 0.29) is 25.0 Å². The summed E-state index contributed by atoms with van der Waals surface area (Å²) in [5, 5.41) is 2.94. The molecule has 2 rings (SSSR count). The number of carbonyl (C=O) groups is 2. The Labute approximate surface area is 183 Å². The summed E-state index contributed by atoms with van der Waals surface area (Å²) in [6.07, 6.45) is 2.28. The van der Waals surface area contributed by atoms with Crippen molar-refractivity contribution in [3.05, 3.63) is 53.6 Å². The first-order valence-corrected chi connectivity index (χ1v) is 10.3. The van der Waals surface area contributed by atoms with Crippen LogP contribution in [-0.2, 0) is 20.7 Å². The van der Waals surface area contributed by atoms with E-state index < -0.39 is 5.97 Å². The third kappa shape index (κ3) is 7.20. The van der Waals surface area contributed by atoms with Crippen LogP contribution in [0.3, 0.4) is 0 Å². The molecule has 0 radical (unpaired) electrons. The second-order valence-corrected chi connectivity index (χ2v) is 7.01. The molecule has 0 heterocycles. The molecule has 0 fully saturated rings. The van der Waals surface area contributed by atoms with Crippen molar-refractivity contribution in [3.63, 3.8) is 0 Å². The normalized spacial score (nSPS) is 11.4. The summed E-state index contributed by atoms with van der Waals surface area (Å²) in [6, 6.07) is 13.2. The zero-order valence-corrected chi connectivity index (χ0v) is 18.6. The van der Waals surface area contributed by atoms with Gasteiger partial charge in [-0.3, -0.25) is 9.59 Å². The minimum Gasteiger partial charge on any atom is -0.493 e. The number of carbonyl (C=O) groups excluding carboxylic acids is 2. The van der Waals surface area contributed by atoms with E-state index in [9.17, 15) is 9.59 Å². The first-order valence-electron chi connectivity index (χ1n) is 10.3. The quantitative estimate of drug-likeness (QED) is 0.516. The number of hydrogen-bond acceptors (Lipinski definition) is 6. The zero-order chi connectivity index (χ0) is 22.6. The lowest BCUT2D eigenvalue weighted by Gasteiger charge is -2.18. The van der Waals surface area contributed by atoms with E-state index in [4.69, 9.17) is 18.9 Å². The number of aryl methyl sites for hydroxylation is 1. The number of benzene rings is 2. The lowest BCUT2D eigenvalue weighted by Crippen LogP contribution is -2.32. The number of amides is 1. The van der Waals surface area contributed by atoms with E-state index in [1.807, 2.05) is 30.3 Å². The molecular weight excluding hydrogens is 398 g/mol. The van der Waals surface area contributed by atoms with Crippen LogP contribution in [0.2, 0.25) is 0 Å². The second kappa shape index (κ2) is 12.5. The Bertz CT molecular complexity index is 827. The summed E-state index contributed by atoms with van der Waals surface area (Å²) >= 11 is 0. The van der Waals surface area contributed by atoms with Gasteiger partial charge in [0.2, 0.25) is 5.75 Å². The molecule has 2 aromatic rings. The van der Waals surface area contributed by atoms with Crippen molar-refractivity contribution in [1.82, 2.24) is 5.32 Å². The van der Waals surface area contributed by atoms with Gasteiger partial charge >= 0.3 is 5.97 Å². The van der Waals surface area contributed by atoms with Crippen LogP contribution < -0.4 is 19.5 Å². The van der Waals surface area contributed by atoms with Crippen molar-refractivity contribution >= 4 is 11.9 Å². The maximum Gasteiger partial charge on any atom is 0.306 e. The Morgan fingerprint density at radius 1 is 0.968 bits per heavy atom. The Morgan fingerprint density at radius 2 is 1.61 bits per heavy atom. The van der Waals surface area contributed by atoms with Crippen LogP contribution in [0.4, 0.5) is 0 Å². The lowest BCUT2D eigenvalue weighted by molar-refractivity contribution is -0.148. The monoisotopic (exact) mass is 429 g/mol. The van der Waals surface area contributed by atoms with Gasteiger partial charge in [0.05, 0.1) is 27.4 Å². The van der Waals surface area contributed by atoms with E-state index in [0.717, 1.165) is 24.0 Å². The molecule has 0 unspecified atom stereocenters. The van der Waals surface area contributed by atoms with Gasteiger partial charge in [-0.05, 0) is 36.1 Å². The first kappa shape index (κ1) is 24.1. The summed E-state index contributed by atoms with van der Waals surface area (Å²) < 4.78 is 21.1. The van der Waals surface area contributed by atoms with Gasteiger partial charge in [0.15, 0.2) is 18.1 Å². The molecule has 7 heteroatoms. The van der Waals surface area contributed by atoms with Gasteiger partial charge in [-0.15, -0.1) is 0 Å². The predicted octanol–water partition coefficient (Wildman–Crippen LogP) is 3.85. The van der Waals surface area contributed by atoms with Crippen molar-refractivity contribution in [2.75, 3.05) is 27.9 Å². The molecule has 0 spiro atoms.